The molecule has 2 rings (SSSR count). The second-order valence-electron chi connectivity index (χ2n) is 5.00. The molecule has 0 saturated carbocycles. The second kappa shape index (κ2) is 2.75. The van der Waals surface area contributed by atoms with Gasteiger partial charge in [0.25, 0.3) is 0 Å². The summed E-state index contributed by atoms with van der Waals surface area (Å²) in [6.45, 7) is 10.8. The molecule has 1 heteroatoms. The summed E-state index contributed by atoms with van der Waals surface area (Å²) in [7, 11) is 0. The predicted molar refractivity (Wildman–Crippen MR) is 58.9 cm³/mol. The van der Waals surface area contributed by atoms with Gasteiger partial charge in [-0.2, -0.15) is 0 Å². The van der Waals surface area contributed by atoms with Gasteiger partial charge in [0.15, 0.2) is 0 Å². The van der Waals surface area contributed by atoms with Gasteiger partial charge in [-0.25, -0.2) is 0 Å². The van der Waals surface area contributed by atoms with Gasteiger partial charge in [0.05, 0.1) is 0 Å². The first-order chi connectivity index (χ1) is 6.42. The van der Waals surface area contributed by atoms with Gasteiger partial charge in [0.2, 0.25) is 0 Å². The average Bonchev–Trinajstić information content (AvgIpc) is 2.06. The topological polar surface area (TPSA) is 9.23 Å². The maximum absolute atomic E-state index is 5.82. The van der Waals surface area contributed by atoms with Crippen molar-refractivity contribution in [1.29, 1.82) is 0 Å². The number of ether oxygens (including phenoxy) is 1. The number of fused-ring (bicyclic) bond motifs is 1. The first-order valence-corrected chi connectivity index (χ1v) is 5.26. The minimum Gasteiger partial charge on any atom is -0.482 e. The molecule has 0 fully saturated rings. The second-order valence-corrected chi connectivity index (χ2v) is 5.00. The summed E-state index contributed by atoms with van der Waals surface area (Å²) in [6, 6.07) is 4.48. The molecule has 1 heterocycles. The Morgan fingerprint density at radius 3 is 2.36 bits per heavy atom. The van der Waals surface area contributed by atoms with Gasteiger partial charge in [-0.3, -0.25) is 0 Å². The summed E-state index contributed by atoms with van der Waals surface area (Å²) in [4.78, 5) is 0. The summed E-state index contributed by atoms with van der Waals surface area (Å²) in [5.41, 5.74) is 3.97. The van der Waals surface area contributed by atoms with E-state index >= 15 is 0 Å². The lowest BCUT2D eigenvalue weighted by molar-refractivity contribution is 0.0495. The Hall–Kier alpha value is -0.980. The van der Waals surface area contributed by atoms with E-state index < -0.39 is 0 Å². The van der Waals surface area contributed by atoms with E-state index in [9.17, 15) is 0 Å². The third-order valence-corrected chi connectivity index (χ3v) is 2.89. The summed E-state index contributed by atoms with van der Waals surface area (Å²) in [5, 5.41) is 0. The van der Waals surface area contributed by atoms with Gasteiger partial charge in [0.1, 0.15) is 11.4 Å². The highest BCUT2D eigenvalue weighted by atomic mass is 16.5. The van der Waals surface area contributed by atoms with Crippen molar-refractivity contribution in [3.63, 3.8) is 0 Å². The molecule has 14 heavy (non-hydrogen) atoms. The van der Waals surface area contributed by atoms with Crippen molar-refractivity contribution in [3.8, 4) is 5.75 Å². The van der Waals surface area contributed by atoms with Gasteiger partial charge in [-0.1, -0.05) is 25.5 Å². The minimum atomic E-state index is -0.0784. The largest absolute Gasteiger partial charge is 0.482 e. The van der Waals surface area contributed by atoms with Crippen LogP contribution in [0.1, 0.15) is 50.3 Å². The van der Waals surface area contributed by atoms with Gasteiger partial charge < -0.3 is 4.74 Å². The zero-order chi connectivity index (χ0) is 10.5. The lowest BCUT2D eigenvalue weighted by Gasteiger charge is -2.41. The molecule has 0 aromatic heterocycles. The molecule has 0 radical (unpaired) electrons. The van der Waals surface area contributed by atoms with E-state index in [-0.39, 0.29) is 5.60 Å². The molecule has 1 aliphatic heterocycles. The quantitative estimate of drug-likeness (QED) is 0.655. The minimum absolute atomic E-state index is 0.0784. The van der Waals surface area contributed by atoms with E-state index in [1.54, 1.807) is 0 Å². The average molecular weight is 190 g/mol. The molecule has 0 N–H and O–H groups in total. The predicted octanol–water partition coefficient (Wildman–Crippen LogP) is 3.75. The first-order valence-electron chi connectivity index (χ1n) is 5.26. The van der Waals surface area contributed by atoms with Crippen LogP contribution in [-0.4, -0.2) is 0 Å². The molecule has 1 aliphatic rings. The van der Waals surface area contributed by atoms with E-state index in [1.807, 2.05) is 0 Å². The van der Waals surface area contributed by atoms with Crippen molar-refractivity contribution in [3.05, 3.63) is 28.8 Å². The van der Waals surface area contributed by atoms with Crippen molar-refractivity contribution in [2.45, 2.75) is 46.1 Å². The maximum atomic E-state index is 5.82. The summed E-state index contributed by atoms with van der Waals surface area (Å²) in [6.07, 6.45) is 0. The highest BCUT2D eigenvalue weighted by molar-refractivity contribution is 5.53. The number of hydrogen-bond donors (Lipinski definition) is 0. The highest BCUT2D eigenvalue weighted by Crippen LogP contribution is 2.48. The van der Waals surface area contributed by atoms with Crippen molar-refractivity contribution < 1.29 is 4.74 Å². The first kappa shape index (κ1) is 9.57. The van der Waals surface area contributed by atoms with Crippen molar-refractivity contribution >= 4 is 0 Å². The molecule has 0 spiro atoms. The van der Waals surface area contributed by atoms with E-state index in [0.29, 0.717) is 5.92 Å². The molecule has 1 aromatic carbocycles. The summed E-state index contributed by atoms with van der Waals surface area (Å²) >= 11 is 0. The molecule has 0 amide bonds. The van der Waals surface area contributed by atoms with Gasteiger partial charge >= 0.3 is 0 Å². The lowest BCUT2D eigenvalue weighted by atomic mass is 9.85. The van der Waals surface area contributed by atoms with Gasteiger partial charge in [-0.05, 0) is 38.3 Å². The van der Waals surface area contributed by atoms with Crippen LogP contribution in [0.4, 0.5) is 0 Å². The molecule has 0 aliphatic carbocycles. The van der Waals surface area contributed by atoms with Crippen molar-refractivity contribution in [2.75, 3.05) is 0 Å². The normalized spacial score (nSPS) is 17.3. The Bertz CT molecular complexity index is 358. The van der Waals surface area contributed by atoms with Crippen molar-refractivity contribution in [1.82, 2.24) is 0 Å². The van der Waals surface area contributed by atoms with Crippen LogP contribution in [0.3, 0.4) is 0 Å². The Morgan fingerprint density at radius 2 is 1.86 bits per heavy atom. The number of rotatable bonds is 1. The third-order valence-electron chi connectivity index (χ3n) is 2.89. The van der Waals surface area contributed by atoms with Gasteiger partial charge in [0, 0.05) is 5.56 Å². The molecule has 1 aromatic rings. The molecule has 0 bridgehead atoms. The maximum Gasteiger partial charge on any atom is 0.132 e. The van der Waals surface area contributed by atoms with E-state index in [4.69, 9.17) is 4.74 Å². The fourth-order valence-corrected chi connectivity index (χ4v) is 2.05. The van der Waals surface area contributed by atoms with E-state index in [1.165, 1.54) is 16.7 Å². The van der Waals surface area contributed by atoms with Crippen LogP contribution in [0, 0.1) is 6.92 Å². The molecular weight excluding hydrogens is 172 g/mol. The number of hydrogen-bond acceptors (Lipinski definition) is 1. The van der Waals surface area contributed by atoms with E-state index in [2.05, 4.69) is 46.8 Å². The highest BCUT2D eigenvalue weighted by Gasteiger charge is 2.38. The van der Waals surface area contributed by atoms with Crippen LogP contribution in [-0.2, 0) is 5.60 Å². The monoisotopic (exact) mass is 190 g/mol. The Balaban J connectivity index is 2.57. The van der Waals surface area contributed by atoms with Gasteiger partial charge in [-0.15, -0.1) is 0 Å². The SMILES string of the molecule is Cc1cc(C(C)C)c2c(c1)C(C)(C)O2. The zero-order valence-corrected chi connectivity index (χ0v) is 9.64. The molecule has 0 atom stereocenters. The third kappa shape index (κ3) is 1.23. The Morgan fingerprint density at radius 1 is 1.21 bits per heavy atom. The number of aryl methyl sites for hydroxylation is 1. The number of benzene rings is 1. The summed E-state index contributed by atoms with van der Waals surface area (Å²) in [5.74, 6) is 1.66. The lowest BCUT2D eigenvalue weighted by Crippen LogP contribution is -2.36. The smallest absolute Gasteiger partial charge is 0.132 e. The van der Waals surface area contributed by atoms with Crippen LogP contribution in [0.2, 0.25) is 0 Å². The molecule has 0 unspecified atom stereocenters. The molecule has 0 saturated heterocycles. The molecular formula is C13H18O. The standard InChI is InChI=1S/C13H18O/c1-8(2)10-6-9(3)7-11-12(10)14-13(11,4)5/h6-8H,1-5H3. The van der Waals surface area contributed by atoms with Crippen molar-refractivity contribution in [2.24, 2.45) is 0 Å². The van der Waals surface area contributed by atoms with Crippen LogP contribution >= 0.6 is 0 Å². The zero-order valence-electron chi connectivity index (χ0n) is 9.64. The Labute approximate surface area is 86.1 Å². The molecule has 76 valence electrons. The van der Waals surface area contributed by atoms with Crippen LogP contribution in [0.15, 0.2) is 12.1 Å². The fraction of sp³-hybridized carbons (Fsp3) is 0.538. The van der Waals surface area contributed by atoms with Crippen LogP contribution in [0.25, 0.3) is 0 Å². The van der Waals surface area contributed by atoms with Crippen LogP contribution < -0.4 is 4.74 Å². The van der Waals surface area contributed by atoms with E-state index in [0.717, 1.165) is 5.75 Å². The Kier molecular flexibility index (Phi) is 1.88. The van der Waals surface area contributed by atoms with Crippen LogP contribution in [0.5, 0.6) is 5.75 Å². The molecule has 1 nitrogen and oxygen atoms in total. The summed E-state index contributed by atoms with van der Waals surface area (Å²) < 4.78 is 5.82. The fourth-order valence-electron chi connectivity index (χ4n) is 2.05.